The number of carbonyl (C=O) groups excluding carboxylic acids is 3. The van der Waals surface area contributed by atoms with Gasteiger partial charge in [0.05, 0.1) is 9.88 Å². The Kier molecular flexibility index (Phi) is 7.95. The molecule has 0 atom stereocenters. The van der Waals surface area contributed by atoms with Gasteiger partial charge in [-0.2, -0.15) is 0 Å². The molecule has 2 aromatic carbocycles. The van der Waals surface area contributed by atoms with Crippen LogP contribution in [0.3, 0.4) is 0 Å². The number of carbonyl (C=O) groups is 3. The van der Waals surface area contributed by atoms with Crippen molar-refractivity contribution in [3.63, 3.8) is 0 Å². The van der Waals surface area contributed by atoms with E-state index < -0.39 is 11.7 Å². The molecule has 3 rings (SSSR count). The summed E-state index contributed by atoms with van der Waals surface area (Å²) in [6.45, 7) is 5.95. The molecular formula is C25H26FN3O3S. The number of anilines is 2. The van der Waals surface area contributed by atoms with Crippen LogP contribution in [0.4, 0.5) is 15.1 Å². The monoisotopic (exact) mass is 467 g/mol. The number of hydrogen-bond acceptors (Lipinski definition) is 4. The van der Waals surface area contributed by atoms with E-state index in [1.165, 1.54) is 23.1 Å². The Bertz CT molecular complexity index is 1180. The number of thiophene rings is 1. The second-order valence-electron chi connectivity index (χ2n) is 7.68. The van der Waals surface area contributed by atoms with Gasteiger partial charge in [0.1, 0.15) is 12.4 Å². The van der Waals surface area contributed by atoms with Crippen molar-refractivity contribution in [3.8, 4) is 0 Å². The minimum atomic E-state index is -0.500. The highest BCUT2D eigenvalue weighted by Gasteiger charge is 2.23. The first kappa shape index (κ1) is 24.1. The number of rotatable bonds is 8. The number of halogens is 1. The maximum Gasteiger partial charge on any atom is 0.264 e. The quantitative estimate of drug-likeness (QED) is 0.475. The topological polar surface area (TPSA) is 78.5 Å². The molecule has 0 spiro atoms. The number of hydrogen-bond donors (Lipinski definition) is 2. The molecular weight excluding hydrogens is 441 g/mol. The van der Waals surface area contributed by atoms with Crippen molar-refractivity contribution in [2.24, 2.45) is 0 Å². The molecule has 1 aromatic heterocycles. The molecule has 0 aliphatic rings. The lowest BCUT2D eigenvalue weighted by Gasteiger charge is -2.21. The minimum absolute atomic E-state index is 0.0800. The molecule has 0 unspecified atom stereocenters. The fraction of sp³-hybridized carbons (Fsp3) is 0.240. The first-order valence-electron chi connectivity index (χ1n) is 10.6. The molecule has 8 heteroatoms. The van der Waals surface area contributed by atoms with Crippen molar-refractivity contribution in [1.29, 1.82) is 0 Å². The average molecular weight is 468 g/mol. The van der Waals surface area contributed by atoms with Gasteiger partial charge in [-0.25, -0.2) is 4.39 Å². The van der Waals surface area contributed by atoms with Crippen LogP contribution in [0.2, 0.25) is 0 Å². The molecule has 172 valence electrons. The summed E-state index contributed by atoms with van der Waals surface area (Å²) in [6, 6.07) is 14.5. The van der Waals surface area contributed by atoms with E-state index in [9.17, 15) is 18.8 Å². The van der Waals surface area contributed by atoms with Crippen LogP contribution in [0.5, 0.6) is 0 Å². The maximum atomic E-state index is 13.4. The molecule has 6 nitrogen and oxygen atoms in total. The van der Waals surface area contributed by atoms with Gasteiger partial charge in [-0.3, -0.25) is 14.4 Å². The molecule has 0 saturated carbocycles. The van der Waals surface area contributed by atoms with Gasteiger partial charge in [0.15, 0.2) is 0 Å². The van der Waals surface area contributed by atoms with E-state index in [0.29, 0.717) is 34.1 Å². The summed E-state index contributed by atoms with van der Waals surface area (Å²) in [4.78, 5) is 40.2. The number of benzene rings is 2. The van der Waals surface area contributed by atoms with E-state index in [1.807, 2.05) is 38.1 Å². The number of aryl methyl sites for hydroxylation is 2. The molecule has 3 aromatic rings. The highest BCUT2D eigenvalue weighted by molar-refractivity contribution is 7.18. The molecule has 0 aliphatic heterocycles. The summed E-state index contributed by atoms with van der Waals surface area (Å²) >= 11 is 1.13. The number of para-hydroxylation sites is 1. The predicted molar refractivity (Wildman–Crippen MR) is 129 cm³/mol. The Labute approximate surface area is 196 Å². The lowest BCUT2D eigenvalue weighted by Crippen LogP contribution is -2.38. The molecule has 0 aliphatic carbocycles. The molecule has 0 bridgehead atoms. The van der Waals surface area contributed by atoms with Gasteiger partial charge in [-0.15, -0.1) is 11.3 Å². The average Bonchev–Trinajstić information content (AvgIpc) is 3.14. The molecule has 0 saturated heterocycles. The van der Waals surface area contributed by atoms with Gasteiger partial charge in [0.2, 0.25) is 5.91 Å². The lowest BCUT2D eigenvalue weighted by atomic mass is 10.2. The first-order valence-corrected chi connectivity index (χ1v) is 11.4. The zero-order valence-electron chi connectivity index (χ0n) is 18.8. The van der Waals surface area contributed by atoms with Crippen molar-refractivity contribution in [2.75, 3.05) is 23.7 Å². The van der Waals surface area contributed by atoms with Crippen LogP contribution < -0.4 is 10.6 Å². The minimum Gasteiger partial charge on any atom is -0.329 e. The van der Waals surface area contributed by atoms with Crippen molar-refractivity contribution in [1.82, 2.24) is 4.90 Å². The number of nitrogens with zero attached hydrogens (tertiary/aromatic N) is 1. The van der Waals surface area contributed by atoms with E-state index in [0.717, 1.165) is 23.0 Å². The van der Waals surface area contributed by atoms with Gasteiger partial charge in [0, 0.05) is 17.8 Å². The molecule has 3 amide bonds. The van der Waals surface area contributed by atoms with Gasteiger partial charge >= 0.3 is 0 Å². The van der Waals surface area contributed by atoms with Gasteiger partial charge < -0.3 is 15.5 Å². The predicted octanol–water partition coefficient (Wildman–Crippen LogP) is 5.25. The Balaban J connectivity index is 1.71. The van der Waals surface area contributed by atoms with Crippen LogP contribution in [0.15, 0.2) is 54.6 Å². The number of nitrogens with one attached hydrogen (secondary N) is 2. The smallest absolute Gasteiger partial charge is 0.264 e. The lowest BCUT2D eigenvalue weighted by molar-refractivity contribution is -0.116. The van der Waals surface area contributed by atoms with Crippen LogP contribution in [0, 0.1) is 19.7 Å². The van der Waals surface area contributed by atoms with E-state index in [4.69, 9.17) is 0 Å². The summed E-state index contributed by atoms with van der Waals surface area (Å²) in [5.74, 6) is -1.51. The SMILES string of the molecule is CCCN(CC(=O)Nc1ccccc1C)C(=O)c1sc(NC(=O)c2cccc(F)c2)cc1C. The van der Waals surface area contributed by atoms with Gasteiger partial charge in [-0.1, -0.05) is 31.2 Å². The third-order valence-electron chi connectivity index (χ3n) is 4.97. The molecule has 0 fully saturated rings. The van der Waals surface area contributed by atoms with Crippen LogP contribution in [-0.4, -0.2) is 35.7 Å². The van der Waals surface area contributed by atoms with Crippen LogP contribution in [-0.2, 0) is 4.79 Å². The van der Waals surface area contributed by atoms with E-state index in [1.54, 1.807) is 13.0 Å². The van der Waals surface area contributed by atoms with E-state index in [-0.39, 0.29) is 23.9 Å². The summed E-state index contributed by atoms with van der Waals surface area (Å²) < 4.78 is 13.4. The van der Waals surface area contributed by atoms with E-state index in [2.05, 4.69) is 10.6 Å². The standard InChI is InChI=1S/C25H26FN3O3S/c1-4-12-29(15-21(30)27-20-11-6-5-8-16(20)2)25(32)23-17(3)13-22(33-23)28-24(31)18-9-7-10-19(26)14-18/h5-11,13-14H,4,12,15H2,1-3H3,(H,27,30)(H,28,31). The summed E-state index contributed by atoms with van der Waals surface area (Å²) in [5.41, 5.74) is 2.53. The third kappa shape index (κ3) is 6.26. The largest absolute Gasteiger partial charge is 0.329 e. The van der Waals surface area contributed by atoms with Crippen LogP contribution >= 0.6 is 11.3 Å². The Morgan fingerprint density at radius 1 is 0.970 bits per heavy atom. The van der Waals surface area contributed by atoms with Crippen molar-refractivity contribution in [2.45, 2.75) is 27.2 Å². The Morgan fingerprint density at radius 2 is 1.73 bits per heavy atom. The molecule has 0 radical (unpaired) electrons. The second kappa shape index (κ2) is 10.9. The van der Waals surface area contributed by atoms with E-state index >= 15 is 0 Å². The fourth-order valence-electron chi connectivity index (χ4n) is 3.31. The third-order valence-corrected chi connectivity index (χ3v) is 6.11. The van der Waals surface area contributed by atoms with Gasteiger partial charge in [-0.05, 0) is 61.7 Å². The highest BCUT2D eigenvalue weighted by Crippen LogP contribution is 2.28. The van der Waals surface area contributed by atoms with Gasteiger partial charge in [0.25, 0.3) is 11.8 Å². The second-order valence-corrected chi connectivity index (χ2v) is 8.73. The van der Waals surface area contributed by atoms with Crippen LogP contribution in [0.1, 0.15) is 44.5 Å². The Morgan fingerprint density at radius 3 is 2.42 bits per heavy atom. The van der Waals surface area contributed by atoms with Crippen molar-refractivity contribution in [3.05, 3.63) is 82.0 Å². The summed E-state index contributed by atoms with van der Waals surface area (Å²) in [5, 5.41) is 6.05. The zero-order valence-corrected chi connectivity index (χ0v) is 19.6. The normalized spacial score (nSPS) is 10.5. The summed E-state index contributed by atoms with van der Waals surface area (Å²) in [7, 11) is 0. The van der Waals surface area contributed by atoms with Crippen molar-refractivity contribution >= 4 is 39.7 Å². The number of amides is 3. The first-order chi connectivity index (χ1) is 15.8. The molecule has 2 N–H and O–H groups in total. The highest BCUT2D eigenvalue weighted by atomic mass is 32.1. The van der Waals surface area contributed by atoms with Crippen LogP contribution in [0.25, 0.3) is 0 Å². The zero-order chi connectivity index (χ0) is 24.0. The summed E-state index contributed by atoms with van der Waals surface area (Å²) in [6.07, 6.45) is 0.691. The Hall–Kier alpha value is -3.52. The molecule has 33 heavy (non-hydrogen) atoms. The van der Waals surface area contributed by atoms with Crippen molar-refractivity contribution < 1.29 is 18.8 Å². The fourth-order valence-corrected chi connectivity index (χ4v) is 4.35. The molecule has 1 heterocycles. The maximum absolute atomic E-state index is 13.4.